The predicted molar refractivity (Wildman–Crippen MR) is 106 cm³/mol. The molecule has 1 fully saturated rings. The molecule has 0 radical (unpaired) electrons. The summed E-state index contributed by atoms with van der Waals surface area (Å²) in [4.78, 5) is 0.342. The Morgan fingerprint density at radius 1 is 1.07 bits per heavy atom. The van der Waals surface area contributed by atoms with Gasteiger partial charge in [0.25, 0.3) is 0 Å². The van der Waals surface area contributed by atoms with Crippen molar-refractivity contribution in [3.63, 3.8) is 0 Å². The predicted octanol–water partition coefficient (Wildman–Crippen LogP) is 2.82. The number of anilines is 1. The summed E-state index contributed by atoms with van der Waals surface area (Å²) in [5.74, 6) is 0.821. The molecule has 1 heterocycles. The molecule has 0 spiro atoms. The maximum atomic E-state index is 12.9. The highest BCUT2D eigenvalue weighted by Gasteiger charge is 2.27. The van der Waals surface area contributed by atoms with E-state index in [9.17, 15) is 8.42 Å². The maximum absolute atomic E-state index is 12.9. The Morgan fingerprint density at radius 2 is 1.78 bits per heavy atom. The monoisotopic (exact) mass is 390 g/mol. The summed E-state index contributed by atoms with van der Waals surface area (Å²) >= 11 is 0. The molecular weight excluding hydrogens is 364 g/mol. The maximum Gasteiger partial charge on any atom is 0.243 e. The number of sulfonamides is 1. The summed E-state index contributed by atoms with van der Waals surface area (Å²) in [5.41, 5.74) is 2.69. The summed E-state index contributed by atoms with van der Waals surface area (Å²) in [7, 11) is -3.51. The van der Waals surface area contributed by atoms with Gasteiger partial charge in [-0.3, -0.25) is 0 Å². The lowest BCUT2D eigenvalue weighted by Crippen LogP contribution is -2.40. The van der Waals surface area contributed by atoms with Crippen LogP contribution in [-0.2, 0) is 14.8 Å². The number of hydrogen-bond acceptors (Lipinski definition) is 5. The average molecular weight is 391 g/mol. The first-order valence-corrected chi connectivity index (χ1v) is 10.5. The number of nitrogens with zero attached hydrogens (tertiary/aromatic N) is 1. The first-order valence-electron chi connectivity index (χ1n) is 9.09. The summed E-state index contributed by atoms with van der Waals surface area (Å²) in [6.07, 6.45) is 0. The van der Waals surface area contributed by atoms with Crippen molar-refractivity contribution in [3.8, 4) is 5.75 Å². The van der Waals surface area contributed by atoms with Crippen molar-refractivity contribution >= 4 is 15.7 Å². The standard InChI is InChI=1S/C20H26N2O4S/c1-16-3-7-19(8-4-16)26-12-9-21-18-6-5-17(2)20(15-18)27(23,24)22-10-13-25-14-11-22/h3-8,15,21H,9-14H2,1-2H3. The number of aryl methyl sites for hydroxylation is 2. The van der Waals surface area contributed by atoms with E-state index in [1.165, 1.54) is 9.87 Å². The second-order valence-electron chi connectivity index (χ2n) is 6.59. The van der Waals surface area contributed by atoms with Crippen LogP contribution in [0.4, 0.5) is 5.69 Å². The Balaban J connectivity index is 1.61. The zero-order chi connectivity index (χ0) is 19.3. The largest absolute Gasteiger partial charge is 0.492 e. The van der Waals surface area contributed by atoms with Crippen molar-refractivity contribution in [3.05, 3.63) is 53.6 Å². The quantitative estimate of drug-likeness (QED) is 0.737. The first-order chi connectivity index (χ1) is 13.0. The molecule has 1 N–H and O–H groups in total. The van der Waals surface area contributed by atoms with E-state index in [-0.39, 0.29) is 0 Å². The van der Waals surface area contributed by atoms with Crippen molar-refractivity contribution in [2.45, 2.75) is 18.7 Å². The molecule has 0 bridgehead atoms. The van der Waals surface area contributed by atoms with Gasteiger partial charge in [0.05, 0.1) is 18.1 Å². The van der Waals surface area contributed by atoms with Crippen LogP contribution in [0.25, 0.3) is 0 Å². The van der Waals surface area contributed by atoms with Crippen LogP contribution in [0.1, 0.15) is 11.1 Å². The lowest BCUT2D eigenvalue weighted by Gasteiger charge is -2.27. The van der Waals surface area contributed by atoms with E-state index in [1.807, 2.05) is 50.2 Å². The zero-order valence-corrected chi connectivity index (χ0v) is 16.6. The molecule has 2 aromatic carbocycles. The molecule has 0 amide bonds. The average Bonchev–Trinajstić information content (AvgIpc) is 2.68. The van der Waals surface area contributed by atoms with E-state index in [0.717, 1.165) is 17.0 Å². The number of ether oxygens (including phenoxy) is 2. The van der Waals surface area contributed by atoms with Gasteiger partial charge < -0.3 is 14.8 Å². The van der Waals surface area contributed by atoms with Gasteiger partial charge in [-0.25, -0.2) is 8.42 Å². The molecule has 1 saturated heterocycles. The highest BCUT2D eigenvalue weighted by molar-refractivity contribution is 7.89. The van der Waals surface area contributed by atoms with Gasteiger partial charge in [0.1, 0.15) is 12.4 Å². The van der Waals surface area contributed by atoms with Crippen LogP contribution < -0.4 is 10.1 Å². The fourth-order valence-corrected chi connectivity index (χ4v) is 4.57. The Labute approximate surface area is 161 Å². The van der Waals surface area contributed by atoms with Crippen LogP contribution in [-0.4, -0.2) is 52.2 Å². The van der Waals surface area contributed by atoms with Crippen LogP contribution >= 0.6 is 0 Å². The topological polar surface area (TPSA) is 67.9 Å². The van der Waals surface area contributed by atoms with Gasteiger partial charge in [-0.1, -0.05) is 23.8 Å². The molecular formula is C20H26N2O4S. The molecule has 27 heavy (non-hydrogen) atoms. The van der Waals surface area contributed by atoms with Crippen LogP contribution in [0.5, 0.6) is 5.75 Å². The summed E-state index contributed by atoms with van der Waals surface area (Å²) in [5, 5.41) is 3.24. The fourth-order valence-electron chi connectivity index (χ4n) is 2.91. The minimum atomic E-state index is -3.51. The second-order valence-corrected chi connectivity index (χ2v) is 8.49. The summed E-state index contributed by atoms with van der Waals surface area (Å²) < 4.78 is 38.3. The van der Waals surface area contributed by atoms with Gasteiger partial charge in [-0.2, -0.15) is 4.31 Å². The van der Waals surface area contributed by atoms with Crippen molar-refractivity contribution in [1.29, 1.82) is 0 Å². The molecule has 146 valence electrons. The van der Waals surface area contributed by atoms with Gasteiger partial charge in [0, 0.05) is 25.3 Å². The molecule has 1 aliphatic heterocycles. The number of rotatable bonds is 7. The van der Waals surface area contributed by atoms with Crippen molar-refractivity contribution in [2.24, 2.45) is 0 Å². The molecule has 0 aliphatic carbocycles. The van der Waals surface area contributed by atoms with E-state index >= 15 is 0 Å². The highest BCUT2D eigenvalue weighted by atomic mass is 32.2. The lowest BCUT2D eigenvalue weighted by molar-refractivity contribution is 0.0730. The van der Waals surface area contributed by atoms with E-state index in [2.05, 4.69) is 5.32 Å². The van der Waals surface area contributed by atoms with Gasteiger partial charge >= 0.3 is 0 Å². The number of hydrogen-bond donors (Lipinski definition) is 1. The van der Waals surface area contributed by atoms with Crippen molar-refractivity contribution < 1.29 is 17.9 Å². The molecule has 0 saturated carbocycles. The Kier molecular flexibility index (Phi) is 6.36. The van der Waals surface area contributed by atoms with E-state index in [4.69, 9.17) is 9.47 Å². The number of nitrogens with one attached hydrogen (secondary N) is 1. The lowest BCUT2D eigenvalue weighted by atomic mass is 10.2. The smallest absolute Gasteiger partial charge is 0.243 e. The van der Waals surface area contributed by atoms with E-state index in [1.54, 1.807) is 6.07 Å². The van der Waals surface area contributed by atoms with E-state index in [0.29, 0.717) is 44.4 Å². The third-order valence-corrected chi connectivity index (χ3v) is 6.54. The number of benzene rings is 2. The molecule has 2 aromatic rings. The highest BCUT2D eigenvalue weighted by Crippen LogP contribution is 2.24. The molecule has 6 nitrogen and oxygen atoms in total. The van der Waals surface area contributed by atoms with Crippen LogP contribution in [0.3, 0.4) is 0 Å². The van der Waals surface area contributed by atoms with Crippen molar-refractivity contribution in [1.82, 2.24) is 4.31 Å². The molecule has 1 aliphatic rings. The summed E-state index contributed by atoms with van der Waals surface area (Å²) in [6.45, 7) is 6.58. The third-order valence-electron chi connectivity index (χ3n) is 4.50. The normalized spacial score (nSPS) is 15.5. The number of morpholine rings is 1. The summed E-state index contributed by atoms with van der Waals surface area (Å²) in [6, 6.07) is 13.3. The van der Waals surface area contributed by atoms with Crippen molar-refractivity contribution in [2.75, 3.05) is 44.8 Å². The van der Waals surface area contributed by atoms with Gasteiger partial charge in [0.15, 0.2) is 0 Å². The Bertz CT molecular complexity index is 860. The van der Waals surface area contributed by atoms with Crippen LogP contribution in [0, 0.1) is 13.8 Å². The van der Waals surface area contributed by atoms with E-state index < -0.39 is 10.0 Å². The molecule has 0 atom stereocenters. The third kappa shape index (κ3) is 5.00. The first kappa shape index (κ1) is 19.7. The molecule has 0 aromatic heterocycles. The minimum absolute atomic E-state index is 0.342. The Hall–Kier alpha value is -2.09. The van der Waals surface area contributed by atoms with Crippen LogP contribution in [0.15, 0.2) is 47.4 Å². The van der Waals surface area contributed by atoms with Gasteiger partial charge in [0.2, 0.25) is 10.0 Å². The fraction of sp³-hybridized carbons (Fsp3) is 0.400. The van der Waals surface area contributed by atoms with Gasteiger partial charge in [-0.15, -0.1) is 0 Å². The molecule has 7 heteroatoms. The second kappa shape index (κ2) is 8.73. The zero-order valence-electron chi connectivity index (χ0n) is 15.8. The Morgan fingerprint density at radius 3 is 2.48 bits per heavy atom. The molecule has 3 rings (SSSR count). The minimum Gasteiger partial charge on any atom is -0.492 e. The molecule has 0 unspecified atom stereocenters. The van der Waals surface area contributed by atoms with Crippen LogP contribution in [0.2, 0.25) is 0 Å². The van der Waals surface area contributed by atoms with Gasteiger partial charge in [-0.05, 0) is 43.7 Å². The SMILES string of the molecule is Cc1ccc(OCCNc2ccc(C)c(S(=O)(=O)N3CCOCC3)c2)cc1.